The molecule has 0 heterocycles. The van der Waals surface area contributed by atoms with Crippen LogP contribution in [0.5, 0.6) is 0 Å². The molecule has 0 spiro atoms. The number of anilines is 2. The van der Waals surface area contributed by atoms with E-state index in [1.54, 1.807) is 31.2 Å². The Bertz CT molecular complexity index is 1340. The lowest BCUT2D eigenvalue weighted by Gasteiger charge is -2.15. The highest BCUT2D eigenvalue weighted by atomic mass is 32.2. The third kappa shape index (κ3) is 6.77. The lowest BCUT2D eigenvalue weighted by Crippen LogP contribution is -2.26. The first-order valence-electron chi connectivity index (χ1n) is 9.70. The van der Waals surface area contributed by atoms with Crippen LogP contribution in [0.1, 0.15) is 28.9 Å². The number of sulfonamides is 2. The Hall–Kier alpha value is -3.44. The van der Waals surface area contributed by atoms with Gasteiger partial charge in [0.25, 0.3) is 15.9 Å². The monoisotopic (exact) mass is 491 g/mol. The fourth-order valence-corrected chi connectivity index (χ4v) is 4.56. The van der Waals surface area contributed by atoms with Crippen LogP contribution in [0, 0.1) is 5.82 Å². The van der Waals surface area contributed by atoms with E-state index >= 15 is 0 Å². The second-order valence-electron chi connectivity index (χ2n) is 7.33. The predicted molar refractivity (Wildman–Crippen MR) is 124 cm³/mol. The minimum Gasteiger partial charge on any atom is -0.346 e. The van der Waals surface area contributed by atoms with Crippen LogP contribution < -0.4 is 14.8 Å². The number of rotatable bonds is 8. The molecule has 3 rings (SSSR count). The molecule has 3 aromatic rings. The molecule has 3 aromatic carbocycles. The molecule has 0 saturated heterocycles. The molecular formula is C22H22FN3O5S2. The summed E-state index contributed by atoms with van der Waals surface area (Å²) in [5.41, 5.74) is 1.75. The van der Waals surface area contributed by atoms with Gasteiger partial charge in [-0.25, -0.2) is 21.2 Å². The van der Waals surface area contributed by atoms with Crippen LogP contribution in [0.4, 0.5) is 15.8 Å². The number of amides is 1. The van der Waals surface area contributed by atoms with E-state index in [1.807, 2.05) is 0 Å². The number of hydrogen-bond acceptors (Lipinski definition) is 5. The Morgan fingerprint density at radius 3 is 1.85 bits per heavy atom. The molecule has 11 heteroatoms. The fourth-order valence-electron chi connectivity index (χ4n) is 2.93. The summed E-state index contributed by atoms with van der Waals surface area (Å²) in [4.78, 5) is 12.5. The van der Waals surface area contributed by atoms with E-state index in [-0.39, 0.29) is 22.5 Å². The van der Waals surface area contributed by atoms with Crippen LogP contribution in [0.2, 0.25) is 0 Å². The Balaban J connectivity index is 1.63. The average molecular weight is 492 g/mol. The van der Waals surface area contributed by atoms with Gasteiger partial charge < -0.3 is 5.32 Å². The average Bonchev–Trinajstić information content (AvgIpc) is 2.73. The number of carbonyl (C=O) groups excluding carboxylic acids is 1. The van der Waals surface area contributed by atoms with Crippen LogP contribution in [-0.4, -0.2) is 29.0 Å². The molecule has 0 fully saturated rings. The van der Waals surface area contributed by atoms with Crippen LogP contribution in [-0.2, 0) is 20.0 Å². The first-order chi connectivity index (χ1) is 15.4. The molecular weight excluding hydrogens is 469 g/mol. The van der Waals surface area contributed by atoms with Gasteiger partial charge in [0, 0.05) is 16.9 Å². The molecule has 1 unspecified atom stereocenters. The van der Waals surface area contributed by atoms with Gasteiger partial charge in [0.1, 0.15) is 5.82 Å². The van der Waals surface area contributed by atoms with Crippen molar-refractivity contribution in [2.45, 2.75) is 17.9 Å². The van der Waals surface area contributed by atoms with E-state index in [1.165, 1.54) is 24.3 Å². The van der Waals surface area contributed by atoms with Gasteiger partial charge in [-0.05, 0) is 73.2 Å². The quantitative estimate of drug-likeness (QED) is 0.445. The van der Waals surface area contributed by atoms with Gasteiger partial charge >= 0.3 is 0 Å². The summed E-state index contributed by atoms with van der Waals surface area (Å²) >= 11 is 0. The second-order valence-corrected chi connectivity index (χ2v) is 10.8. The second kappa shape index (κ2) is 9.59. The van der Waals surface area contributed by atoms with Crippen molar-refractivity contribution < 1.29 is 26.0 Å². The third-order valence-corrected chi connectivity index (χ3v) is 6.59. The van der Waals surface area contributed by atoms with Gasteiger partial charge in [-0.15, -0.1) is 0 Å². The SMILES string of the molecule is CC(NC(=O)c1ccc(NS(=O)(=O)c2ccc(F)cc2)cc1)c1ccc(NS(C)(=O)=O)cc1. The van der Waals surface area contributed by atoms with Crippen molar-refractivity contribution in [2.24, 2.45) is 0 Å². The Morgan fingerprint density at radius 1 is 0.788 bits per heavy atom. The maximum atomic E-state index is 13.0. The fraction of sp³-hybridized carbons (Fsp3) is 0.136. The summed E-state index contributed by atoms with van der Waals surface area (Å²) in [5.74, 6) is -0.908. The minimum absolute atomic E-state index is 0.0858. The standard InChI is InChI=1S/C22H22FN3O5S2/c1-15(16-3-9-19(10-4-16)25-32(2,28)29)24-22(27)17-5-11-20(12-6-17)26-33(30,31)21-13-7-18(23)8-14-21/h3-15,25-26H,1-2H3,(H,24,27). The highest BCUT2D eigenvalue weighted by Gasteiger charge is 2.16. The van der Waals surface area contributed by atoms with Crippen molar-refractivity contribution in [3.8, 4) is 0 Å². The van der Waals surface area contributed by atoms with E-state index in [2.05, 4.69) is 14.8 Å². The Kier molecular flexibility index (Phi) is 7.04. The molecule has 0 aliphatic carbocycles. The third-order valence-electron chi connectivity index (χ3n) is 4.58. The van der Waals surface area contributed by atoms with E-state index in [0.29, 0.717) is 11.3 Å². The number of benzene rings is 3. The summed E-state index contributed by atoms with van der Waals surface area (Å²) in [6.07, 6.45) is 1.06. The van der Waals surface area contributed by atoms with E-state index in [0.717, 1.165) is 36.1 Å². The molecule has 8 nitrogen and oxygen atoms in total. The number of nitrogens with one attached hydrogen (secondary N) is 3. The molecule has 0 radical (unpaired) electrons. The molecule has 33 heavy (non-hydrogen) atoms. The highest BCUT2D eigenvalue weighted by Crippen LogP contribution is 2.19. The number of halogens is 1. The van der Waals surface area contributed by atoms with Gasteiger partial charge in [0.05, 0.1) is 17.2 Å². The highest BCUT2D eigenvalue weighted by molar-refractivity contribution is 7.92. The number of carbonyl (C=O) groups is 1. The minimum atomic E-state index is -3.89. The molecule has 0 saturated carbocycles. The van der Waals surface area contributed by atoms with Crippen molar-refractivity contribution in [2.75, 3.05) is 15.7 Å². The van der Waals surface area contributed by atoms with Gasteiger partial charge in [0.2, 0.25) is 10.0 Å². The van der Waals surface area contributed by atoms with Gasteiger partial charge in [-0.3, -0.25) is 14.2 Å². The summed E-state index contributed by atoms with van der Waals surface area (Å²) < 4.78 is 65.1. The maximum Gasteiger partial charge on any atom is 0.261 e. The first kappa shape index (κ1) is 24.2. The smallest absolute Gasteiger partial charge is 0.261 e. The van der Waals surface area contributed by atoms with E-state index in [4.69, 9.17) is 0 Å². The van der Waals surface area contributed by atoms with E-state index < -0.39 is 25.9 Å². The van der Waals surface area contributed by atoms with Crippen molar-refractivity contribution >= 4 is 37.3 Å². The largest absolute Gasteiger partial charge is 0.346 e. The predicted octanol–water partition coefficient (Wildman–Crippen LogP) is 3.49. The normalized spacial score (nSPS) is 12.6. The molecule has 1 amide bonds. The van der Waals surface area contributed by atoms with Crippen LogP contribution in [0.3, 0.4) is 0 Å². The van der Waals surface area contributed by atoms with Gasteiger partial charge in [0.15, 0.2) is 0 Å². The van der Waals surface area contributed by atoms with Crippen molar-refractivity contribution in [1.82, 2.24) is 5.32 Å². The zero-order valence-electron chi connectivity index (χ0n) is 17.7. The number of hydrogen-bond donors (Lipinski definition) is 3. The zero-order valence-corrected chi connectivity index (χ0v) is 19.4. The van der Waals surface area contributed by atoms with Crippen molar-refractivity contribution in [1.29, 1.82) is 0 Å². The molecule has 0 aliphatic rings. The molecule has 0 aromatic heterocycles. The maximum absolute atomic E-state index is 13.0. The summed E-state index contributed by atoms with van der Waals surface area (Å²) in [5, 5.41) is 2.83. The first-order valence-corrected chi connectivity index (χ1v) is 13.1. The summed E-state index contributed by atoms with van der Waals surface area (Å²) in [6.45, 7) is 1.78. The summed E-state index contributed by atoms with van der Waals surface area (Å²) in [7, 11) is -7.27. The molecule has 0 bridgehead atoms. The van der Waals surface area contributed by atoms with E-state index in [9.17, 15) is 26.0 Å². The van der Waals surface area contributed by atoms with Crippen LogP contribution >= 0.6 is 0 Å². The molecule has 0 aliphatic heterocycles. The van der Waals surface area contributed by atoms with Crippen molar-refractivity contribution in [3.05, 3.63) is 89.7 Å². The van der Waals surface area contributed by atoms with Gasteiger partial charge in [-0.2, -0.15) is 0 Å². The van der Waals surface area contributed by atoms with Crippen molar-refractivity contribution in [3.63, 3.8) is 0 Å². The lowest BCUT2D eigenvalue weighted by molar-refractivity contribution is 0.0940. The van der Waals surface area contributed by atoms with Gasteiger partial charge in [-0.1, -0.05) is 12.1 Å². The lowest BCUT2D eigenvalue weighted by atomic mass is 10.1. The summed E-state index contributed by atoms with van der Waals surface area (Å²) in [6, 6.07) is 16.5. The molecule has 174 valence electrons. The van der Waals surface area contributed by atoms with Crippen LogP contribution in [0.15, 0.2) is 77.7 Å². The molecule has 1 atom stereocenters. The molecule has 3 N–H and O–H groups in total. The zero-order chi connectivity index (χ0) is 24.2. The Labute approximate surface area is 192 Å². The van der Waals surface area contributed by atoms with Crippen LogP contribution in [0.25, 0.3) is 0 Å². The Morgan fingerprint density at radius 2 is 1.30 bits per heavy atom. The topological polar surface area (TPSA) is 121 Å².